The highest BCUT2D eigenvalue weighted by Gasteiger charge is 2.07. The van der Waals surface area contributed by atoms with Gasteiger partial charge in [0.2, 0.25) is 0 Å². The van der Waals surface area contributed by atoms with Gasteiger partial charge in [0.15, 0.2) is 0 Å². The summed E-state index contributed by atoms with van der Waals surface area (Å²) in [4.78, 5) is 13.7. The first-order valence-corrected chi connectivity index (χ1v) is 5.18. The zero-order valence-corrected chi connectivity index (χ0v) is 9.65. The van der Waals surface area contributed by atoms with E-state index in [9.17, 15) is 4.79 Å². The standard InChI is InChI=1S/C13H13NO3/c1-8(5-13(15)16)11-7-14-12-6-9(17-2)3-4-10(11)12/h3-7,14H,1-2H3,(H,15,16)/b8-5+. The van der Waals surface area contributed by atoms with Gasteiger partial charge in [0, 0.05) is 34.8 Å². The molecule has 2 N–H and O–H groups in total. The number of ether oxygens (including phenoxy) is 1. The molecule has 1 aromatic heterocycles. The lowest BCUT2D eigenvalue weighted by atomic mass is 10.1. The Labute approximate surface area is 98.5 Å². The van der Waals surface area contributed by atoms with Crippen molar-refractivity contribution >= 4 is 22.4 Å². The van der Waals surface area contributed by atoms with Gasteiger partial charge in [-0.1, -0.05) is 0 Å². The third-order valence-electron chi connectivity index (χ3n) is 2.65. The van der Waals surface area contributed by atoms with Gasteiger partial charge in [-0.2, -0.15) is 0 Å². The van der Waals surface area contributed by atoms with Crippen LogP contribution in [0.4, 0.5) is 0 Å². The fourth-order valence-electron chi connectivity index (χ4n) is 1.82. The number of H-pyrrole nitrogens is 1. The lowest BCUT2D eigenvalue weighted by molar-refractivity contribution is -0.131. The van der Waals surface area contributed by atoms with Gasteiger partial charge in [0.05, 0.1) is 7.11 Å². The molecule has 0 unspecified atom stereocenters. The molecule has 1 heterocycles. The number of carboxylic acids is 1. The molecule has 4 heteroatoms. The summed E-state index contributed by atoms with van der Waals surface area (Å²) in [6.45, 7) is 1.78. The van der Waals surface area contributed by atoms with Crippen molar-refractivity contribution in [3.8, 4) is 5.75 Å². The van der Waals surface area contributed by atoms with Gasteiger partial charge in [-0.05, 0) is 24.6 Å². The predicted molar refractivity (Wildman–Crippen MR) is 66.1 cm³/mol. The van der Waals surface area contributed by atoms with Crippen LogP contribution in [0.25, 0.3) is 16.5 Å². The van der Waals surface area contributed by atoms with Gasteiger partial charge in [0.25, 0.3) is 0 Å². The average molecular weight is 231 g/mol. The second kappa shape index (κ2) is 4.33. The summed E-state index contributed by atoms with van der Waals surface area (Å²) in [6, 6.07) is 5.65. The SMILES string of the molecule is COc1ccc2c(/C(C)=C/C(=O)O)c[nH]c2c1. The average Bonchev–Trinajstić information content (AvgIpc) is 2.70. The molecule has 0 saturated carbocycles. The van der Waals surface area contributed by atoms with Crippen LogP contribution in [0.5, 0.6) is 5.75 Å². The first-order valence-electron chi connectivity index (χ1n) is 5.18. The number of aliphatic carboxylic acids is 1. The molecule has 1 aromatic carbocycles. The van der Waals surface area contributed by atoms with Crippen LogP contribution in [-0.4, -0.2) is 23.2 Å². The largest absolute Gasteiger partial charge is 0.497 e. The van der Waals surface area contributed by atoms with Crippen molar-refractivity contribution in [2.24, 2.45) is 0 Å². The highest BCUT2D eigenvalue weighted by molar-refractivity contribution is 5.98. The first-order chi connectivity index (χ1) is 8.11. The normalized spacial score (nSPS) is 11.8. The summed E-state index contributed by atoms with van der Waals surface area (Å²) < 4.78 is 5.13. The Balaban J connectivity index is 2.54. The van der Waals surface area contributed by atoms with Crippen LogP contribution >= 0.6 is 0 Å². The molecule has 0 amide bonds. The summed E-state index contributed by atoms with van der Waals surface area (Å²) in [5, 5.41) is 9.72. The van der Waals surface area contributed by atoms with Gasteiger partial charge >= 0.3 is 5.97 Å². The first kappa shape index (κ1) is 11.3. The molecule has 2 rings (SSSR count). The van der Waals surface area contributed by atoms with Crippen LogP contribution in [0.15, 0.2) is 30.5 Å². The van der Waals surface area contributed by atoms with Crippen molar-refractivity contribution in [1.82, 2.24) is 4.98 Å². The summed E-state index contributed by atoms with van der Waals surface area (Å²) in [5.74, 6) is -0.170. The topological polar surface area (TPSA) is 62.3 Å². The van der Waals surface area contributed by atoms with Gasteiger partial charge in [-0.3, -0.25) is 0 Å². The van der Waals surface area contributed by atoms with E-state index in [1.807, 2.05) is 18.2 Å². The van der Waals surface area contributed by atoms with Crippen molar-refractivity contribution in [3.63, 3.8) is 0 Å². The summed E-state index contributed by atoms with van der Waals surface area (Å²) >= 11 is 0. The second-order valence-electron chi connectivity index (χ2n) is 3.78. The summed E-state index contributed by atoms with van der Waals surface area (Å²) in [7, 11) is 1.61. The molecule has 0 aliphatic carbocycles. The van der Waals surface area contributed by atoms with E-state index in [4.69, 9.17) is 9.84 Å². The van der Waals surface area contributed by atoms with Crippen LogP contribution in [0.2, 0.25) is 0 Å². The summed E-state index contributed by atoms with van der Waals surface area (Å²) in [5.41, 5.74) is 2.54. The highest BCUT2D eigenvalue weighted by atomic mass is 16.5. The quantitative estimate of drug-likeness (QED) is 0.798. The van der Waals surface area contributed by atoms with Crippen molar-refractivity contribution in [2.75, 3.05) is 7.11 Å². The maximum Gasteiger partial charge on any atom is 0.328 e. The van der Waals surface area contributed by atoms with E-state index < -0.39 is 5.97 Å². The number of nitrogens with one attached hydrogen (secondary N) is 1. The Hall–Kier alpha value is -2.23. The monoisotopic (exact) mass is 231 g/mol. The van der Waals surface area contributed by atoms with Gasteiger partial charge in [0.1, 0.15) is 5.75 Å². The van der Waals surface area contributed by atoms with Crippen molar-refractivity contribution in [3.05, 3.63) is 36.0 Å². The minimum Gasteiger partial charge on any atom is -0.497 e. The molecule has 88 valence electrons. The van der Waals surface area contributed by atoms with Crippen LogP contribution < -0.4 is 4.74 Å². The Kier molecular flexibility index (Phi) is 2.87. The lowest BCUT2D eigenvalue weighted by Gasteiger charge is -2.01. The van der Waals surface area contributed by atoms with Crippen LogP contribution in [0.1, 0.15) is 12.5 Å². The molecule has 0 radical (unpaired) electrons. The minimum atomic E-state index is -0.939. The zero-order chi connectivity index (χ0) is 12.4. The summed E-state index contributed by atoms with van der Waals surface area (Å²) in [6.07, 6.45) is 3.01. The van der Waals surface area contributed by atoms with Gasteiger partial charge in [-0.25, -0.2) is 4.79 Å². The molecule has 0 bridgehead atoms. The molecular formula is C13H13NO3. The van der Waals surface area contributed by atoms with Crippen molar-refractivity contribution in [1.29, 1.82) is 0 Å². The number of hydrogen-bond donors (Lipinski definition) is 2. The lowest BCUT2D eigenvalue weighted by Crippen LogP contribution is -1.89. The zero-order valence-electron chi connectivity index (χ0n) is 9.65. The molecule has 2 aromatic rings. The number of rotatable bonds is 3. The van der Waals surface area contributed by atoms with Gasteiger partial charge in [-0.15, -0.1) is 0 Å². The molecule has 0 saturated heterocycles. The molecule has 0 atom stereocenters. The molecule has 0 aliphatic heterocycles. The second-order valence-corrected chi connectivity index (χ2v) is 3.78. The van der Waals surface area contributed by atoms with E-state index in [1.54, 1.807) is 20.2 Å². The number of hydrogen-bond acceptors (Lipinski definition) is 2. The van der Waals surface area contributed by atoms with Crippen LogP contribution in [0.3, 0.4) is 0 Å². The number of allylic oxidation sites excluding steroid dienone is 1. The van der Waals surface area contributed by atoms with E-state index in [2.05, 4.69) is 4.98 Å². The Bertz CT molecular complexity index is 596. The molecule has 0 fully saturated rings. The van der Waals surface area contributed by atoms with Crippen LogP contribution in [0, 0.1) is 0 Å². The number of aromatic nitrogens is 1. The Morgan fingerprint density at radius 1 is 1.47 bits per heavy atom. The number of fused-ring (bicyclic) bond motifs is 1. The number of aromatic amines is 1. The number of methoxy groups -OCH3 is 1. The molecular weight excluding hydrogens is 218 g/mol. The molecule has 0 aliphatic rings. The molecule has 4 nitrogen and oxygen atoms in total. The number of benzene rings is 1. The van der Waals surface area contributed by atoms with E-state index in [0.29, 0.717) is 5.57 Å². The maximum absolute atomic E-state index is 10.6. The smallest absolute Gasteiger partial charge is 0.328 e. The predicted octanol–water partition coefficient (Wildman–Crippen LogP) is 2.66. The van der Waals surface area contributed by atoms with E-state index in [1.165, 1.54) is 6.08 Å². The third-order valence-corrected chi connectivity index (χ3v) is 2.65. The van der Waals surface area contributed by atoms with Crippen molar-refractivity contribution in [2.45, 2.75) is 6.92 Å². The molecule has 17 heavy (non-hydrogen) atoms. The van der Waals surface area contributed by atoms with E-state index in [-0.39, 0.29) is 0 Å². The van der Waals surface area contributed by atoms with Crippen LogP contribution in [-0.2, 0) is 4.79 Å². The fraction of sp³-hybridized carbons (Fsp3) is 0.154. The minimum absolute atomic E-state index is 0.717. The maximum atomic E-state index is 10.6. The van der Waals surface area contributed by atoms with E-state index in [0.717, 1.165) is 22.2 Å². The fourth-order valence-corrected chi connectivity index (χ4v) is 1.82. The van der Waals surface area contributed by atoms with E-state index >= 15 is 0 Å². The molecule has 0 spiro atoms. The third kappa shape index (κ3) is 2.15. The number of carbonyl (C=O) groups is 1. The van der Waals surface area contributed by atoms with Crippen molar-refractivity contribution < 1.29 is 14.6 Å². The highest BCUT2D eigenvalue weighted by Crippen LogP contribution is 2.27. The Morgan fingerprint density at radius 3 is 2.88 bits per heavy atom. The van der Waals surface area contributed by atoms with Gasteiger partial charge < -0.3 is 14.8 Å². The Morgan fingerprint density at radius 2 is 2.24 bits per heavy atom. The number of carboxylic acid groups (broad SMARTS) is 1.